The van der Waals surface area contributed by atoms with E-state index in [4.69, 9.17) is 16.7 Å². The molecule has 1 saturated heterocycles. The normalized spacial score (nSPS) is 19.3. The maximum Gasteiger partial charge on any atom is 0.407 e. The summed E-state index contributed by atoms with van der Waals surface area (Å²) in [6.07, 6.45) is -1.10. The lowest BCUT2D eigenvalue weighted by Gasteiger charge is -2.39. The average Bonchev–Trinajstić information content (AvgIpc) is 2.38. The molecule has 1 fully saturated rings. The second-order valence-electron chi connectivity index (χ2n) is 4.25. The average molecular weight is 285 g/mol. The van der Waals surface area contributed by atoms with Crippen molar-refractivity contribution in [1.29, 1.82) is 0 Å². The second-order valence-corrected chi connectivity index (χ2v) is 4.69. The fraction of sp³-hybridized carbons (Fsp3) is 0.333. The van der Waals surface area contributed by atoms with Gasteiger partial charge in [0.25, 0.3) is 0 Å². The summed E-state index contributed by atoms with van der Waals surface area (Å²) in [6.45, 7) is 0.569. The highest BCUT2D eigenvalue weighted by molar-refractivity contribution is 6.30. The quantitative estimate of drug-likeness (QED) is 0.862. The van der Waals surface area contributed by atoms with Gasteiger partial charge in [-0.25, -0.2) is 9.59 Å². The van der Waals surface area contributed by atoms with Crippen LogP contribution < -0.4 is 4.90 Å². The molecule has 0 bridgehead atoms. The molecule has 0 radical (unpaired) electrons. The number of carboxylic acid groups (broad SMARTS) is 2. The minimum atomic E-state index is -1.10. The number of aliphatic carboxylic acids is 1. The Morgan fingerprint density at radius 3 is 2.32 bits per heavy atom. The van der Waals surface area contributed by atoms with Crippen LogP contribution in [0.4, 0.5) is 10.5 Å². The standard InChI is InChI=1S/C12H13ClN2O4/c13-8-1-3-9(4-2-8)15-6-5-14(12(18)19)7-10(15)11(16)17/h1-4,10H,5-7H2,(H,16,17)(H,18,19)/t10-/m1/s1. The third-order valence-corrected chi connectivity index (χ3v) is 3.35. The molecule has 6 nitrogen and oxygen atoms in total. The van der Waals surface area contributed by atoms with Crippen molar-refractivity contribution in [2.24, 2.45) is 0 Å². The summed E-state index contributed by atoms with van der Waals surface area (Å²) in [5.41, 5.74) is 0.724. The zero-order valence-electron chi connectivity index (χ0n) is 9.99. The first-order chi connectivity index (χ1) is 8.99. The van der Waals surface area contributed by atoms with Gasteiger partial charge in [-0.2, -0.15) is 0 Å². The van der Waals surface area contributed by atoms with Gasteiger partial charge in [0, 0.05) is 23.8 Å². The molecule has 1 atom stereocenters. The first kappa shape index (κ1) is 13.5. The molecule has 102 valence electrons. The van der Waals surface area contributed by atoms with Gasteiger partial charge in [0.1, 0.15) is 6.04 Å². The summed E-state index contributed by atoms with van der Waals surface area (Å²) in [6, 6.07) is 5.94. The number of hydrogen-bond donors (Lipinski definition) is 2. The molecular weight excluding hydrogens is 272 g/mol. The summed E-state index contributed by atoms with van der Waals surface area (Å²) in [4.78, 5) is 25.0. The van der Waals surface area contributed by atoms with Crippen LogP contribution in [0.15, 0.2) is 24.3 Å². The van der Waals surface area contributed by atoms with Crippen LogP contribution >= 0.6 is 11.6 Å². The minimum Gasteiger partial charge on any atom is -0.480 e. The Morgan fingerprint density at radius 2 is 1.79 bits per heavy atom. The summed E-state index contributed by atoms with van der Waals surface area (Å²) in [5.74, 6) is -1.04. The predicted molar refractivity (Wildman–Crippen MR) is 69.8 cm³/mol. The van der Waals surface area contributed by atoms with E-state index in [9.17, 15) is 14.7 Å². The number of piperazine rings is 1. The lowest BCUT2D eigenvalue weighted by molar-refractivity contribution is -0.139. The zero-order valence-corrected chi connectivity index (χ0v) is 10.7. The molecule has 0 aromatic heterocycles. The number of benzene rings is 1. The van der Waals surface area contributed by atoms with Crippen molar-refractivity contribution in [1.82, 2.24) is 4.90 Å². The first-order valence-corrected chi connectivity index (χ1v) is 6.09. The molecule has 0 aliphatic carbocycles. The lowest BCUT2D eigenvalue weighted by Crippen LogP contribution is -2.57. The van der Waals surface area contributed by atoms with Crippen LogP contribution in [0.1, 0.15) is 0 Å². The van der Waals surface area contributed by atoms with Gasteiger partial charge in [0.2, 0.25) is 0 Å². The molecular formula is C12H13ClN2O4. The van der Waals surface area contributed by atoms with Crippen molar-refractivity contribution in [3.8, 4) is 0 Å². The number of carbonyl (C=O) groups is 2. The van der Waals surface area contributed by atoms with E-state index < -0.39 is 18.1 Å². The highest BCUT2D eigenvalue weighted by Crippen LogP contribution is 2.23. The van der Waals surface area contributed by atoms with Crippen molar-refractivity contribution >= 4 is 29.4 Å². The summed E-state index contributed by atoms with van der Waals surface area (Å²) in [7, 11) is 0. The number of hydrogen-bond acceptors (Lipinski definition) is 3. The summed E-state index contributed by atoms with van der Waals surface area (Å²) >= 11 is 5.79. The van der Waals surface area contributed by atoms with Gasteiger partial charge < -0.3 is 20.0 Å². The smallest absolute Gasteiger partial charge is 0.407 e. The van der Waals surface area contributed by atoms with Gasteiger partial charge in [0.15, 0.2) is 0 Å². The molecule has 7 heteroatoms. The Balaban J connectivity index is 2.22. The van der Waals surface area contributed by atoms with E-state index in [1.54, 1.807) is 29.2 Å². The molecule has 0 spiro atoms. The predicted octanol–water partition coefficient (Wildman–Crippen LogP) is 1.59. The Morgan fingerprint density at radius 1 is 1.16 bits per heavy atom. The minimum absolute atomic E-state index is 0.0483. The largest absolute Gasteiger partial charge is 0.480 e. The van der Waals surface area contributed by atoms with Crippen LogP contribution in [0.5, 0.6) is 0 Å². The number of halogens is 1. The molecule has 1 aliphatic rings. The Hall–Kier alpha value is -1.95. The number of rotatable bonds is 2. The highest BCUT2D eigenvalue weighted by Gasteiger charge is 2.34. The number of carboxylic acids is 1. The van der Waals surface area contributed by atoms with Crippen LogP contribution in [0, 0.1) is 0 Å². The molecule has 0 unspecified atom stereocenters. The van der Waals surface area contributed by atoms with Gasteiger partial charge in [-0.1, -0.05) is 11.6 Å². The van der Waals surface area contributed by atoms with Crippen LogP contribution in [0.2, 0.25) is 5.02 Å². The van der Waals surface area contributed by atoms with Crippen LogP contribution in [-0.2, 0) is 4.79 Å². The Labute approximate surface area is 114 Å². The molecule has 19 heavy (non-hydrogen) atoms. The van der Waals surface area contributed by atoms with Crippen molar-refractivity contribution in [2.45, 2.75) is 6.04 Å². The molecule has 1 amide bonds. The van der Waals surface area contributed by atoms with Gasteiger partial charge in [-0.3, -0.25) is 0 Å². The van der Waals surface area contributed by atoms with Gasteiger partial charge in [0.05, 0.1) is 6.54 Å². The van der Waals surface area contributed by atoms with E-state index in [0.717, 1.165) is 10.6 Å². The van der Waals surface area contributed by atoms with Crippen LogP contribution in [0.3, 0.4) is 0 Å². The summed E-state index contributed by atoms with van der Waals surface area (Å²) < 4.78 is 0. The van der Waals surface area contributed by atoms with E-state index in [-0.39, 0.29) is 13.1 Å². The molecule has 1 aliphatic heterocycles. The molecule has 1 aromatic carbocycles. The van der Waals surface area contributed by atoms with Crippen molar-refractivity contribution in [2.75, 3.05) is 24.5 Å². The highest BCUT2D eigenvalue weighted by atomic mass is 35.5. The SMILES string of the molecule is O=C(O)[C@H]1CN(C(=O)O)CCN1c1ccc(Cl)cc1. The molecule has 1 aromatic rings. The number of anilines is 1. The van der Waals surface area contributed by atoms with Crippen molar-refractivity contribution < 1.29 is 19.8 Å². The van der Waals surface area contributed by atoms with Crippen molar-refractivity contribution in [3.05, 3.63) is 29.3 Å². The zero-order chi connectivity index (χ0) is 14.0. The molecule has 0 saturated carbocycles. The second kappa shape index (κ2) is 5.36. The van der Waals surface area contributed by atoms with Gasteiger partial charge >= 0.3 is 12.1 Å². The topological polar surface area (TPSA) is 81.1 Å². The van der Waals surface area contributed by atoms with Gasteiger partial charge in [-0.15, -0.1) is 0 Å². The molecule has 2 rings (SSSR count). The maximum atomic E-state index is 11.3. The molecule has 1 heterocycles. The first-order valence-electron chi connectivity index (χ1n) is 5.72. The fourth-order valence-corrected chi connectivity index (χ4v) is 2.24. The summed E-state index contributed by atoms with van der Waals surface area (Å²) in [5, 5.41) is 18.7. The molecule has 2 N–H and O–H groups in total. The van der Waals surface area contributed by atoms with E-state index in [2.05, 4.69) is 0 Å². The van der Waals surface area contributed by atoms with E-state index in [1.807, 2.05) is 0 Å². The Bertz CT molecular complexity index is 491. The Kier molecular flexibility index (Phi) is 3.80. The van der Waals surface area contributed by atoms with Crippen LogP contribution in [0.25, 0.3) is 0 Å². The van der Waals surface area contributed by atoms with Crippen molar-refractivity contribution in [3.63, 3.8) is 0 Å². The lowest BCUT2D eigenvalue weighted by atomic mass is 10.1. The number of nitrogens with zero attached hydrogens (tertiary/aromatic N) is 2. The van der Waals surface area contributed by atoms with Gasteiger partial charge in [-0.05, 0) is 24.3 Å². The van der Waals surface area contributed by atoms with E-state index in [0.29, 0.717) is 11.6 Å². The monoisotopic (exact) mass is 284 g/mol. The number of amides is 1. The maximum absolute atomic E-state index is 11.3. The fourth-order valence-electron chi connectivity index (χ4n) is 2.11. The van der Waals surface area contributed by atoms with E-state index >= 15 is 0 Å². The van der Waals surface area contributed by atoms with E-state index in [1.165, 1.54) is 0 Å². The van der Waals surface area contributed by atoms with Crippen LogP contribution in [-0.4, -0.2) is 52.9 Å². The third-order valence-electron chi connectivity index (χ3n) is 3.09. The third kappa shape index (κ3) is 2.90.